The fraction of sp³-hybridized carbons (Fsp3) is 0.200. The predicted octanol–water partition coefficient (Wildman–Crippen LogP) is 4.73. The van der Waals surface area contributed by atoms with Gasteiger partial charge in [0.05, 0.1) is 5.54 Å². The van der Waals surface area contributed by atoms with Crippen LogP contribution in [-0.4, -0.2) is 24.5 Å². The highest BCUT2D eigenvalue weighted by molar-refractivity contribution is 5.55. The van der Waals surface area contributed by atoms with Gasteiger partial charge in [0.1, 0.15) is 0 Å². The standard InChI is InChI=1S/C20H23N/c1-20(21(2)3,16-14-18-10-6-4-7-11-18)17-15-19-12-8-5-9-13-19/h4-17H,1-3H3/b16-14+,17-15+. The van der Waals surface area contributed by atoms with Crippen molar-refractivity contribution >= 4 is 12.2 Å². The Labute approximate surface area is 128 Å². The van der Waals surface area contributed by atoms with Crippen LogP contribution >= 0.6 is 0 Å². The molecule has 0 saturated heterocycles. The molecule has 0 N–H and O–H groups in total. The lowest BCUT2D eigenvalue weighted by atomic mass is 9.97. The first-order chi connectivity index (χ1) is 10.1. The summed E-state index contributed by atoms with van der Waals surface area (Å²) in [5.74, 6) is 0. The fourth-order valence-electron chi connectivity index (χ4n) is 2.01. The smallest absolute Gasteiger partial charge is 0.0548 e. The predicted molar refractivity (Wildman–Crippen MR) is 93.0 cm³/mol. The molecule has 108 valence electrons. The molecular formula is C20H23N. The number of hydrogen-bond donors (Lipinski definition) is 0. The second-order valence-electron chi connectivity index (χ2n) is 5.61. The molecule has 0 atom stereocenters. The first kappa shape index (κ1) is 15.3. The van der Waals surface area contributed by atoms with Gasteiger partial charge >= 0.3 is 0 Å². The summed E-state index contributed by atoms with van der Waals surface area (Å²) in [6.07, 6.45) is 8.83. The maximum absolute atomic E-state index is 2.24. The normalized spacial score (nSPS) is 12.6. The molecule has 0 spiro atoms. The summed E-state index contributed by atoms with van der Waals surface area (Å²) < 4.78 is 0. The highest BCUT2D eigenvalue weighted by atomic mass is 15.1. The molecule has 21 heavy (non-hydrogen) atoms. The minimum Gasteiger partial charge on any atom is -0.297 e. The van der Waals surface area contributed by atoms with Crippen LogP contribution in [0.1, 0.15) is 18.1 Å². The second kappa shape index (κ2) is 7.05. The Morgan fingerprint density at radius 2 is 1.10 bits per heavy atom. The minimum absolute atomic E-state index is 0.119. The molecule has 0 heterocycles. The maximum Gasteiger partial charge on any atom is 0.0548 e. The van der Waals surface area contributed by atoms with Gasteiger partial charge in [0.2, 0.25) is 0 Å². The zero-order chi connectivity index (χ0) is 15.1. The first-order valence-corrected chi connectivity index (χ1v) is 7.26. The van der Waals surface area contributed by atoms with Gasteiger partial charge < -0.3 is 0 Å². The Balaban J connectivity index is 2.21. The van der Waals surface area contributed by atoms with Crippen LogP contribution in [-0.2, 0) is 0 Å². The summed E-state index contributed by atoms with van der Waals surface area (Å²) in [6, 6.07) is 20.8. The minimum atomic E-state index is -0.119. The molecule has 0 bridgehead atoms. The van der Waals surface area contributed by atoms with Crippen LogP contribution in [0.15, 0.2) is 72.8 Å². The van der Waals surface area contributed by atoms with Crippen LogP contribution in [0.25, 0.3) is 12.2 Å². The third-order valence-electron chi connectivity index (χ3n) is 3.79. The van der Waals surface area contributed by atoms with Crippen LogP contribution in [0.4, 0.5) is 0 Å². The highest BCUT2D eigenvalue weighted by Crippen LogP contribution is 2.19. The molecule has 1 nitrogen and oxygen atoms in total. The van der Waals surface area contributed by atoms with Gasteiger partial charge in [-0.3, -0.25) is 4.90 Å². The second-order valence-corrected chi connectivity index (χ2v) is 5.61. The van der Waals surface area contributed by atoms with Gasteiger partial charge in [0.15, 0.2) is 0 Å². The van der Waals surface area contributed by atoms with Crippen LogP contribution in [0.5, 0.6) is 0 Å². The average Bonchev–Trinajstić information content (AvgIpc) is 2.53. The van der Waals surface area contributed by atoms with E-state index in [2.05, 4.69) is 98.8 Å². The Bertz CT molecular complexity index is 545. The molecule has 0 radical (unpaired) electrons. The summed E-state index contributed by atoms with van der Waals surface area (Å²) >= 11 is 0. The van der Waals surface area contributed by atoms with Gasteiger partial charge in [-0.2, -0.15) is 0 Å². The number of benzene rings is 2. The molecular weight excluding hydrogens is 254 g/mol. The third-order valence-corrected chi connectivity index (χ3v) is 3.79. The van der Waals surface area contributed by atoms with E-state index in [0.717, 1.165) is 0 Å². The summed E-state index contributed by atoms with van der Waals surface area (Å²) in [4.78, 5) is 2.21. The summed E-state index contributed by atoms with van der Waals surface area (Å²) in [6.45, 7) is 2.21. The van der Waals surface area contributed by atoms with Crippen molar-refractivity contribution in [3.05, 3.63) is 83.9 Å². The quantitative estimate of drug-likeness (QED) is 0.763. The molecule has 0 aromatic heterocycles. The lowest BCUT2D eigenvalue weighted by Gasteiger charge is -2.30. The Kier molecular flexibility index (Phi) is 5.13. The number of rotatable bonds is 5. The van der Waals surface area contributed by atoms with Gasteiger partial charge in [0.25, 0.3) is 0 Å². The van der Waals surface area contributed by atoms with E-state index in [1.165, 1.54) is 11.1 Å². The third kappa shape index (κ3) is 4.44. The van der Waals surface area contributed by atoms with Crippen LogP contribution < -0.4 is 0 Å². The van der Waals surface area contributed by atoms with Crippen molar-refractivity contribution in [2.24, 2.45) is 0 Å². The molecule has 0 saturated carbocycles. The highest BCUT2D eigenvalue weighted by Gasteiger charge is 2.19. The van der Waals surface area contributed by atoms with Crippen LogP contribution in [0, 0.1) is 0 Å². The van der Waals surface area contributed by atoms with Gasteiger partial charge in [-0.1, -0.05) is 85.0 Å². The number of hydrogen-bond acceptors (Lipinski definition) is 1. The van der Waals surface area contributed by atoms with Crippen molar-refractivity contribution in [3.8, 4) is 0 Å². The number of likely N-dealkylation sites (N-methyl/N-ethyl adjacent to an activating group) is 1. The molecule has 0 aliphatic rings. The molecule has 0 unspecified atom stereocenters. The average molecular weight is 277 g/mol. The van der Waals surface area contributed by atoms with E-state index in [1.807, 2.05) is 12.1 Å². The van der Waals surface area contributed by atoms with E-state index in [0.29, 0.717) is 0 Å². The first-order valence-electron chi connectivity index (χ1n) is 7.26. The summed E-state index contributed by atoms with van der Waals surface area (Å²) in [5, 5.41) is 0. The van der Waals surface area contributed by atoms with Gasteiger partial charge in [0, 0.05) is 0 Å². The van der Waals surface area contributed by atoms with E-state index < -0.39 is 0 Å². The fourth-order valence-corrected chi connectivity index (χ4v) is 2.01. The van der Waals surface area contributed by atoms with E-state index in [-0.39, 0.29) is 5.54 Å². The van der Waals surface area contributed by atoms with Crippen molar-refractivity contribution in [3.63, 3.8) is 0 Å². The van der Waals surface area contributed by atoms with Crippen molar-refractivity contribution < 1.29 is 0 Å². The van der Waals surface area contributed by atoms with Crippen molar-refractivity contribution in [2.45, 2.75) is 12.5 Å². The summed E-state index contributed by atoms with van der Waals surface area (Å²) in [5.41, 5.74) is 2.32. The molecule has 2 aromatic rings. The largest absolute Gasteiger partial charge is 0.297 e. The molecule has 0 aliphatic heterocycles. The maximum atomic E-state index is 2.24. The Morgan fingerprint density at radius 3 is 1.43 bits per heavy atom. The molecule has 2 rings (SSSR count). The van der Waals surface area contributed by atoms with Crippen molar-refractivity contribution in [1.29, 1.82) is 0 Å². The molecule has 1 heteroatoms. The SMILES string of the molecule is CN(C)C(C)(/C=C/c1ccccc1)/C=C/c1ccccc1. The summed E-state index contributed by atoms with van der Waals surface area (Å²) in [7, 11) is 4.20. The van der Waals surface area contributed by atoms with Gasteiger partial charge in [-0.15, -0.1) is 0 Å². The zero-order valence-corrected chi connectivity index (χ0v) is 13.0. The van der Waals surface area contributed by atoms with E-state index in [1.54, 1.807) is 0 Å². The monoisotopic (exact) mass is 277 g/mol. The number of nitrogens with zero attached hydrogens (tertiary/aromatic N) is 1. The molecule has 0 aliphatic carbocycles. The Morgan fingerprint density at radius 1 is 0.714 bits per heavy atom. The van der Waals surface area contributed by atoms with Gasteiger partial charge in [-0.25, -0.2) is 0 Å². The van der Waals surface area contributed by atoms with Crippen LogP contribution in [0.2, 0.25) is 0 Å². The topological polar surface area (TPSA) is 3.24 Å². The Hall–Kier alpha value is -2.12. The zero-order valence-electron chi connectivity index (χ0n) is 13.0. The van der Waals surface area contributed by atoms with Crippen LogP contribution in [0.3, 0.4) is 0 Å². The van der Waals surface area contributed by atoms with E-state index in [9.17, 15) is 0 Å². The molecule has 2 aromatic carbocycles. The molecule has 0 fully saturated rings. The lowest BCUT2D eigenvalue weighted by molar-refractivity contribution is 0.287. The van der Waals surface area contributed by atoms with Crippen molar-refractivity contribution in [1.82, 2.24) is 4.90 Å². The van der Waals surface area contributed by atoms with Gasteiger partial charge in [-0.05, 0) is 32.1 Å². The molecule has 0 amide bonds. The lowest BCUT2D eigenvalue weighted by Crippen LogP contribution is -2.37. The van der Waals surface area contributed by atoms with E-state index in [4.69, 9.17) is 0 Å². The van der Waals surface area contributed by atoms with E-state index >= 15 is 0 Å². The van der Waals surface area contributed by atoms with Crippen molar-refractivity contribution in [2.75, 3.05) is 14.1 Å².